The van der Waals surface area contributed by atoms with Crippen molar-refractivity contribution in [3.63, 3.8) is 0 Å². The highest BCUT2D eigenvalue weighted by atomic mass is 16.5. The molecule has 0 saturated heterocycles. The molecule has 1 heterocycles. The van der Waals surface area contributed by atoms with Crippen LogP contribution in [-0.2, 0) is 15.0 Å². The third-order valence-electron chi connectivity index (χ3n) is 6.27. The van der Waals surface area contributed by atoms with Crippen molar-refractivity contribution in [3.05, 3.63) is 101 Å². The molecule has 0 aliphatic carbocycles. The smallest absolute Gasteiger partial charge is 0.297 e. The summed E-state index contributed by atoms with van der Waals surface area (Å²) in [5, 5.41) is 1.24. The van der Waals surface area contributed by atoms with Gasteiger partial charge in [0, 0.05) is 25.3 Å². The Bertz CT molecular complexity index is 1330. The summed E-state index contributed by atoms with van der Waals surface area (Å²) >= 11 is 0. The molecule has 4 rings (SSSR count). The molecule has 0 bridgehead atoms. The van der Waals surface area contributed by atoms with Gasteiger partial charge in [-0.1, -0.05) is 54.6 Å². The Balaban J connectivity index is 1.63. The van der Waals surface area contributed by atoms with E-state index >= 15 is 0 Å². The van der Waals surface area contributed by atoms with E-state index in [1.807, 2.05) is 119 Å². The molecule has 0 aromatic heterocycles. The molecular weight excluding hydrogens is 464 g/mol. The van der Waals surface area contributed by atoms with Gasteiger partial charge in [-0.2, -0.15) is 5.01 Å². The first kappa shape index (κ1) is 25.7. The van der Waals surface area contributed by atoms with E-state index in [0.29, 0.717) is 12.4 Å². The van der Waals surface area contributed by atoms with Crippen molar-refractivity contribution in [1.29, 1.82) is 0 Å². The highest BCUT2D eigenvalue weighted by Crippen LogP contribution is 2.27. The van der Waals surface area contributed by atoms with E-state index < -0.39 is 11.3 Å². The number of ether oxygens (including phenoxy) is 1. The monoisotopic (exact) mass is 496 g/mol. The minimum absolute atomic E-state index is 0.246. The van der Waals surface area contributed by atoms with Crippen LogP contribution in [0.4, 0.5) is 5.69 Å². The predicted molar refractivity (Wildman–Crippen MR) is 147 cm³/mol. The summed E-state index contributed by atoms with van der Waals surface area (Å²) in [6, 6.07) is 24.6. The zero-order chi connectivity index (χ0) is 26.6. The third kappa shape index (κ3) is 5.56. The van der Waals surface area contributed by atoms with Gasteiger partial charge in [0.25, 0.3) is 5.91 Å². The SMILES string of the molecule is CCOc1ccc(C(C)(C)C(=O)NN2C(=O)/C(=C/c3ccc(N(C)C)cc3)N=C2c2ccccc2)cc1. The number of benzene rings is 3. The first-order valence-electron chi connectivity index (χ1n) is 12.2. The molecular formula is C30H32N4O3. The van der Waals surface area contributed by atoms with Crippen LogP contribution in [0.3, 0.4) is 0 Å². The summed E-state index contributed by atoms with van der Waals surface area (Å²) in [5.74, 6) is 0.387. The second-order valence-corrected chi connectivity index (χ2v) is 9.48. The van der Waals surface area contributed by atoms with Gasteiger partial charge in [-0.05, 0) is 62.2 Å². The summed E-state index contributed by atoms with van der Waals surface area (Å²) in [4.78, 5) is 33.6. The number of hydrogen-bond acceptors (Lipinski definition) is 5. The second kappa shape index (κ2) is 10.7. The maximum Gasteiger partial charge on any atom is 0.297 e. The summed E-state index contributed by atoms with van der Waals surface area (Å²) in [6.07, 6.45) is 1.73. The molecule has 7 nitrogen and oxygen atoms in total. The summed E-state index contributed by atoms with van der Waals surface area (Å²) in [5.41, 5.74) is 5.58. The summed E-state index contributed by atoms with van der Waals surface area (Å²) < 4.78 is 5.52. The van der Waals surface area contributed by atoms with E-state index in [1.54, 1.807) is 6.08 Å². The van der Waals surface area contributed by atoms with Crippen LogP contribution in [0.15, 0.2) is 89.6 Å². The number of amides is 2. The molecule has 0 atom stereocenters. The van der Waals surface area contributed by atoms with Gasteiger partial charge in [0.1, 0.15) is 11.4 Å². The molecule has 3 aromatic carbocycles. The Labute approximate surface area is 218 Å². The number of nitrogens with zero attached hydrogens (tertiary/aromatic N) is 3. The van der Waals surface area contributed by atoms with Crippen molar-refractivity contribution in [2.75, 3.05) is 25.6 Å². The lowest BCUT2D eigenvalue weighted by Gasteiger charge is -2.28. The van der Waals surface area contributed by atoms with Gasteiger partial charge in [-0.15, -0.1) is 0 Å². The number of hydrazine groups is 1. The Morgan fingerprint density at radius 2 is 1.65 bits per heavy atom. The van der Waals surface area contributed by atoms with Crippen LogP contribution in [0.25, 0.3) is 6.08 Å². The van der Waals surface area contributed by atoms with Gasteiger partial charge in [0.2, 0.25) is 5.91 Å². The number of nitrogens with one attached hydrogen (secondary N) is 1. The van der Waals surface area contributed by atoms with Gasteiger partial charge in [0.15, 0.2) is 5.84 Å². The van der Waals surface area contributed by atoms with Crippen LogP contribution < -0.4 is 15.1 Å². The van der Waals surface area contributed by atoms with E-state index in [4.69, 9.17) is 4.74 Å². The van der Waals surface area contributed by atoms with Crippen molar-refractivity contribution in [2.24, 2.45) is 4.99 Å². The van der Waals surface area contributed by atoms with Crippen LogP contribution in [0, 0.1) is 0 Å². The standard InChI is InChI=1S/C30H32N4O3/c1-6-37-25-18-14-23(15-19-25)30(2,3)29(36)32-34-27(22-10-8-7-9-11-22)31-26(28(34)35)20-21-12-16-24(17-13-21)33(4)5/h7-20H,6H2,1-5H3,(H,32,36)/b26-20-. The van der Waals surface area contributed by atoms with Crippen LogP contribution in [0.2, 0.25) is 0 Å². The van der Waals surface area contributed by atoms with Gasteiger partial charge in [-0.25, -0.2) is 4.99 Å². The Morgan fingerprint density at radius 1 is 1.00 bits per heavy atom. The number of carbonyl (C=O) groups is 2. The van der Waals surface area contributed by atoms with Crippen LogP contribution in [-0.4, -0.2) is 43.4 Å². The molecule has 0 radical (unpaired) electrons. The molecule has 0 fully saturated rings. The maximum absolute atomic E-state index is 13.5. The zero-order valence-electron chi connectivity index (χ0n) is 21.9. The molecule has 37 heavy (non-hydrogen) atoms. The molecule has 0 spiro atoms. The highest BCUT2D eigenvalue weighted by molar-refractivity contribution is 6.20. The zero-order valence-corrected chi connectivity index (χ0v) is 21.9. The lowest BCUT2D eigenvalue weighted by molar-refractivity contribution is -0.136. The molecule has 0 saturated carbocycles. The number of rotatable bonds is 8. The largest absolute Gasteiger partial charge is 0.494 e. The number of carbonyl (C=O) groups excluding carboxylic acids is 2. The molecule has 7 heteroatoms. The molecule has 3 aromatic rings. The minimum Gasteiger partial charge on any atom is -0.494 e. The van der Waals surface area contributed by atoms with Crippen molar-refractivity contribution >= 4 is 29.4 Å². The van der Waals surface area contributed by atoms with Crippen LogP contribution in [0.1, 0.15) is 37.5 Å². The fraction of sp³-hybridized carbons (Fsp3) is 0.233. The van der Waals surface area contributed by atoms with Gasteiger partial charge < -0.3 is 9.64 Å². The average Bonchev–Trinajstić information content (AvgIpc) is 3.20. The Kier molecular flexibility index (Phi) is 7.43. The van der Waals surface area contributed by atoms with Gasteiger partial charge in [0.05, 0.1) is 12.0 Å². The minimum atomic E-state index is -0.915. The lowest BCUT2D eigenvalue weighted by atomic mass is 9.84. The normalized spacial score (nSPS) is 14.5. The lowest BCUT2D eigenvalue weighted by Crippen LogP contribution is -2.52. The molecule has 0 unspecified atom stereocenters. The fourth-order valence-electron chi connectivity index (χ4n) is 3.93. The molecule has 1 aliphatic rings. The van der Waals surface area contributed by atoms with Gasteiger partial charge in [-0.3, -0.25) is 15.0 Å². The number of amidine groups is 1. The fourth-order valence-corrected chi connectivity index (χ4v) is 3.93. The number of aliphatic imine (C=N–C) groups is 1. The average molecular weight is 497 g/mol. The topological polar surface area (TPSA) is 74.2 Å². The first-order valence-corrected chi connectivity index (χ1v) is 12.2. The second-order valence-electron chi connectivity index (χ2n) is 9.48. The first-order chi connectivity index (χ1) is 17.7. The van der Waals surface area contributed by atoms with E-state index in [9.17, 15) is 9.59 Å². The molecule has 1 aliphatic heterocycles. The summed E-state index contributed by atoms with van der Waals surface area (Å²) in [7, 11) is 3.94. The van der Waals surface area contributed by atoms with Crippen molar-refractivity contribution < 1.29 is 14.3 Å². The number of hydrogen-bond donors (Lipinski definition) is 1. The highest BCUT2D eigenvalue weighted by Gasteiger charge is 2.37. The summed E-state index contributed by atoms with van der Waals surface area (Å²) in [6.45, 7) is 6.13. The van der Waals surface area contributed by atoms with E-state index in [1.165, 1.54) is 5.01 Å². The van der Waals surface area contributed by atoms with Crippen molar-refractivity contribution in [2.45, 2.75) is 26.2 Å². The van der Waals surface area contributed by atoms with E-state index in [2.05, 4.69) is 10.4 Å². The van der Waals surface area contributed by atoms with Crippen LogP contribution in [0.5, 0.6) is 5.75 Å². The quantitative estimate of drug-likeness (QED) is 0.455. The van der Waals surface area contributed by atoms with Crippen molar-refractivity contribution in [3.8, 4) is 5.75 Å². The van der Waals surface area contributed by atoms with Crippen molar-refractivity contribution in [1.82, 2.24) is 10.4 Å². The van der Waals surface area contributed by atoms with E-state index in [-0.39, 0.29) is 11.6 Å². The van der Waals surface area contributed by atoms with Gasteiger partial charge >= 0.3 is 0 Å². The predicted octanol–water partition coefficient (Wildman–Crippen LogP) is 4.79. The Hall–Kier alpha value is -4.39. The third-order valence-corrected chi connectivity index (χ3v) is 6.27. The maximum atomic E-state index is 13.5. The molecule has 190 valence electrons. The van der Waals surface area contributed by atoms with Crippen LogP contribution >= 0.6 is 0 Å². The Morgan fingerprint density at radius 3 is 2.24 bits per heavy atom. The number of anilines is 1. The molecule has 1 N–H and O–H groups in total. The molecule has 2 amide bonds. The van der Waals surface area contributed by atoms with E-state index in [0.717, 1.165) is 28.1 Å².